The monoisotopic (exact) mass is 346 g/mol. The molecular formula is C15H26N2O5S. The molecule has 0 unspecified atom stereocenters. The van der Waals surface area contributed by atoms with Gasteiger partial charge >= 0.3 is 6.09 Å². The number of nitrogens with zero attached hydrogens (tertiary/aromatic N) is 1. The minimum Gasteiger partial charge on any atom is -0.444 e. The van der Waals surface area contributed by atoms with Gasteiger partial charge < -0.3 is 15.0 Å². The van der Waals surface area contributed by atoms with Crippen LogP contribution in [0.25, 0.3) is 0 Å². The Kier molecular flexibility index (Phi) is 5.23. The van der Waals surface area contributed by atoms with E-state index in [0.717, 1.165) is 6.42 Å². The van der Waals surface area contributed by atoms with Crippen LogP contribution in [0.3, 0.4) is 0 Å². The van der Waals surface area contributed by atoms with E-state index in [1.807, 2.05) is 0 Å². The third kappa shape index (κ3) is 5.37. The zero-order valence-electron chi connectivity index (χ0n) is 14.0. The predicted octanol–water partition coefficient (Wildman–Crippen LogP) is 0.937. The molecule has 0 aromatic rings. The Hall–Kier alpha value is -1.31. The van der Waals surface area contributed by atoms with Crippen molar-refractivity contribution in [3.05, 3.63) is 0 Å². The predicted molar refractivity (Wildman–Crippen MR) is 85.7 cm³/mol. The van der Waals surface area contributed by atoms with Crippen LogP contribution in [0.2, 0.25) is 0 Å². The molecule has 2 fully saturated rings. The number of sulfone groups is 1. The average Bonchev–Trinajstić information content (AvgIpc) is 2.76. The van der Waals surface area contributed by atoms with Gasteiger partial charge in [-0.25, -0.2) is 13.2 Å². The Bertz CT molecular complexity index is 567. The molecule has 0 aromatic carbocycles. The summed E-state index contributed by atoms with van der Waals surface area (Å²) in [5.41, 5.74) is -0.565. The summed E-state index contributed by atoms with van der Waals surface area (Å²) in [6.07, 6.45) is 1.50. The molecule has 8 heteroatoms. The lowest BCUT2D eigenvalue weighted by atomic mass is 9.97. The lowest BCUT2D eigenvalue weighted by Crippen LogP contribution is -2.48. The van der Waals surface area contributed by atoms with Crippen molar-refractivity contribution in [2.24, 2.45) is 5.92 Å². The largest absolute Gasteiger partial charge is 0.444 e. The number of nitrogens with one attached hydrogen (secondary N) is 1. The van der Waals surface area contributed by atoms with Crippen molar-refractivity contribution >= 4 is 21.8 Å². The van der Waals surface area contributed by atoms with E-state index in [0.29, 0.717) is 25.9 Å². The molecule has 0 spiro atoms. The second kappa shape index (κ2) is 6.67. The minimum atomic E-state index is -3.02. The molecule has 1 N–H and O–H groups in total. The molecule has 2 aliphatic heterocycles. The zero-order chi connectivity index (χ0) is 17.3. The summed E-state index contributed by atoms with van der Waals surface area (Å²) >= 11 is 0. The summed E-state index contributed by atoms with van der Waals surface area (Å²) in [5.74, 6) is -0.326. The van der Waals surface area contributed by atoms with Crippen LogP contribution < -0.4 is 5.32 Å². The molecular weight excluding hydrogens is 320 g/mol. The maximum absolute atomic E-state index is 12.3. The lowest BCUT2D eigenvalue weighted by molar-refractivity contribution is -0.127. The fourth-order valence-electron chi connectivity index (χ4n) is 2.91. The standard InChI is InChI=1S/C15H26N2O5S/c1-15(2,3)22-14(19)17-7-4-5-11(9-17)13(18)16-12-6-8-23(20,21)10-12/h11-12H,4-10H2,1-3H3,(H,16,18)/t11-,12-/m1/s1. The van der Waals surface area contributed by atoms with Gasteiger partial charge in [0.25, 0.3) is 0 Å². The van der Waals surface area contributed by atoms with E-state index in [-0.39, 0.29) is 29.4 Å². The van der Waals surface area contributed by atoms with Crippen LogP contribution in [0.15, 0.2) is 0 Å². The highest BCUT2D eigenvalue weighted by Crippen LogP contribution is 2.20. The van der Waals surface area contributed by atoms with E-state index >= 15 is 0 Å². The van der Waals surface area contributed by atoms with Gasteiger partial charge in [-0.15, -0.1) is 0 Å². The first-order valence-electron chi connectivity index (χ1n) is 8.04. The molecule has 7 nitrogen and oxygen atoms in total. The molecule has 0 radical (unpaired) electrons. The van der Waals surface area contributed by atoms with Gasteiger partial charge in [0, 0.05) is 19.1 Å². The minimum absolute atomic E-state index is 0.0151. The number of hydrogen-bond acceptors (Lipinski definition) is 5. The highest BCUT2D eigenvalue weighted by molar-refractivity contribution is 7.91. The maximum atomic E-state index is 12.3. The fraction of sp³-hybridized carbons (Fsp3) is 0.867. The lowest BCUT2D eigenvalue weighted by Gasteiger charge is -2.33. The highest BCUT2D eigenvalue weighted by atomic mass is 32.2. The van der Waals surface area contributed by atoms with Crippen LogP contribution in [0.1, 0.15) is 40.0 Å². The second-order valence-corrected chi connectivity index (χ2v) is 9.60. The van der Waals surface area contributed by atoms with E-state index in [9.17, 15) is 18.0 Å². The van der Waals surface area contributed by atoms with Gasteiger partial charge in [0.2, 0.25) is 5.91 Å². The highest BCUT2D eigenvalue weighted by Gasteiger charge is 2.34. The number of carbonyl (C=O) groups excluding carboxylic acids is 2. The molecule has 0 aliphatic carbocycles. The van der Waals surface area contributed by atoms with Crippen molar-refractivity contribution < 1.29 is 22.7 Å². The molecule has 2 rings (SSSR count). The molecule has 23 heavy (non-hydrogen) atoms. The quantitative estimate of drug-likeness (QED) is 0.803. The van der Waals surface area contributed by atoms with Crippen molar-refractivity contribution in [1.29, 1.82) is 0 Å². The molecule has 0 bridgehead atoms. The summed E-state index contributed by atoms with van der Waals surface area (Å²) in [6, 6.07) is -0.301. The summed E-state index contributed by atoms with van der Waals surface area (Å²) in [7, 11) is -3.02. The molecule has 0 aromatic heterocycles. The van der Waals surface area contributed by atoms with Crippen LogP contribution >= 0.6 is 0 Å². The molecule has 2 aliphatic rings. The number of ether oxygens (including phenoxy) is 1. The number of carbonyl (C=O) groups is 2. The third-order valence-corrected chi connectivity index (χ3v) is 5.79. The van der Waals surface area contributed by atoms with Gasteiger partial charge in [-0.2, -0.15) is 0 Å². The van der Waals surface area contributed by atoms with Crippen LogP contribution in [0.4, 0.5) is 4.79 Å². The SMILES string of the molecule is CC(C)(C)OC(=O)N1CCC[C@@H](C(=O)N[C@@H]2CCS(=O)(=O)C2)C1. The van der Waals surface area contributed by atoms with Crippen molar-refractivity contribution in [1.82, 2.24) is 10.2 Å². The Morgan fingerprint density at radius 3 is 2.48 bits per heavy atom. The third-order valence-electron chi connectivity index (χ3n) is 4.02. The van der Waals surface area contributed by atoms with Gasteiger partial charge in [-0.1, -0.05) is 0 Å². The summed E-state index contributed by atoms with van der Waals surface area (Å²) < 4.78 is 28.2. The Labute approximate surface area is 137 Å². The Balaban J connectivity index is 1.88. The Morgan fingerprint density at radius 1 is 1.22 bits per heavy atom. The summed E-state index contributed by atoms with van der Waals surface area (Å²) in [4.78, 5) is 26.0. The van der Waals surface area contributed by atoms with E-state index < -0.39 is 21.5 Å². The van der Waals surface area contributed by atoms with Crippen LogP contribution in [-0.4, -0.2) is 61.6 Å². The first-order chi connectivity index (χ1) is 10.6. The van der Waals surface area contributed by atoms with Gasteiger partial charge in [-0.05, 0) is 40.0 Å². The van der Waals surface area contributed by atoms with E-state index in [2.05, 4.69) is 5.32 Å². The first-order valence-corrected chi connectivity index (χ1v) is 9.86. The van der Waals surface area contributed by atoms with Gasteiger partial charge in [-0.3, -0.25) is 4.79 Å². The zero-order valence-corrected chi connectivity index (χ0v) is 14.8. The summed E-state index contributed by atoms with van der Waals surface area (Å²) in [6.45, 7) is 6.31. The van der Waals surface area contributed by atoms with Crippen LogP contribution in [0.5, 0.6) is 0 Å². The normalized spacial score (nSPS) is 27.5. The maximum Gasteiger partial charge on any atom is 0.410 e. The van der Waals surface area contributed by atoms with Crippen LogP contribution in [0, 0.1) is 5.92 Å². The smallest absolute Gasteiger partial charge is 0.410 e. The van der Waals surface area contributed by atoms with Gasteiger partial charge in [0.05, 0.1) is 17.4 Å². The number of likely N-dealkylation sites (tertiary alicyclic amines) is 1. The van der Waals surface area contributed by atoms with Crippen LogP contribution in [-0.2, 0) is 19.4 Å². The summed E-state index contributed by atoms with van der Waals surface area (Å²) in [5, 5.41) is 2.82. The first kappa shape index (κ1) is 18.0. The molecule has 132 valence electrons. The van der Waals surface area contributed by atoms with Crippen molar-refractivity contribution in [2.45, 2.75) is 51.7 Å². The van der Waals surface area contributed by atoms with Gasteiger partial charge in [0.1, 0.15) is 5.60 Å². The molecule has 2 heterocycles. The molecule has 2 atom stereocenters. The molecule has 0 saturated carbocycles. The van der Waals surface area contributed by atoms with E-state index in [1.54, 1.807) is 25.7 Å². The topological polar surface area (TPSA) is 92.8 Å². The van der Waals surface area contributed by atoms with E-state index in [1.165, 1.54) is 0 Å². The number of piperidine rings is 1. The fourth-order valence-corrected chi connectivity index (χ4v) is 4.58. The average molecular weight is 346 g/mol. The number of rotatable bonds is 2. The molecule has 2 saturated heterocycles. The van der Waals surface area contributed by atoms with Gasteiger partial charge in [0.15, 0.2) is 9.84 Å². The second-order valence-electron chi connectivity index (χ2n) is 7.37. The number of hydrogen-bond donors (Lipinski definition) is 1. The van der Waals surface area contributed by atoms with Crippen molar-refractivity contribution in [3.8, 4) is 0 Å². The van der Waals surface area contributed by atoms with Crippen molar-refractivity contribution in [3.63, 3.8) is 0 Å². The number of amides is 2. The van der Waals surface area contributed by atoms with Crippen molar-refractivity contribution in [2.75, 3.05) is 24.6 Å². The van der Waals surface area contributed by atoms with E-state index in [4.69, 9.17) is 4.74 Å². The Morgan fingerprint density at radius 2 is 1.91 bits per heavy atom. The molecule has 2 amide bonds.